The van der Waals surface area contributed by atoms with Crippen molar-refractivity contribution in [3.05, 3.63) is 203 Å². The molecule has 0 saturated carbocycles. The fraction of sp³-hybridized carbons (Fsp3) is 0.152. The van der Waals surface area contributed by atoms with Crippen LogP contribution in [-0.4, -0.2) is 43.5 Å². The number of rotatable bonds is 13. The fourth-order valence-corrected chi connectivity index (χ4v) is 8.58. The van der Waals surface area contributed by atoms with Crippen LogP contribution in [0, 0.1) is 0 Å². The highest BCUT2D eigenvalue weighted by atomic mass is 32.2. The maximum absolute atomic E-state index is 14.0. The van der Waals surface area contributed by atoms with Gasteiger partial charge in [-0.3, -0.25) is 0 Å². The molecule has 1 aliphatic rings. The number of hydrogen-bond acceptors (Lipinski definition) is 7. The van der Waals surface area contributed by atoms with Gasteiger partial charge >= 0.3 is 18.0 Å². The number of esters is 2. The van der Waals surface area contributed by atoms with Gasteiger partial charge in [0.25, 0.3) is 0 Å². The summed E-state index contributed by atoms with van der Waals surface area (Å²) in [5, 5.41) is 2.87. The zero-order chi connectivity index (χ0) is 37.3. The Kier molecular flexibility index (Phi) is 11.2. The predicted molar refractivity (Wildman–Crippen MR) is 211 cm³/mol. The summed E-state index contributed by atoms with van der Waals surface area (Å²) in [6.45, 7) is 0.0400. The number of amides is 1. The highest BCUT2D eigenvalue weighted by Gasteiger charge is 2.39. The molecule has 0 aromatic heterocycles. The summed E-state index contributed by atoms with van der Waals surface area (Å²) in [6.07, 6.45) is -0.716. The molecule has 7 rings (SSSR count). The molecule has 7 nitrogen and oxygen atoms in total. The van der Waals surface area contributed by atoms with Crippen LogP contribution in [0.25, 0.3) is 11.1 Å². The minimum atomic E-state index is -1.07. The maximum Gasteiger partial charge on any atom is 0.407 e. The zero-order valence-electron chi connectivity index (χ0n) is 29.7. The molecule has 0 fully saturated rings. The van der Waals surface area contributed by atoms with Crippen molar-refractivity contribution in [1.29, 1.82) is 0 Å². The molecule has 8 heteroatoms. The number of carbonyl (C=O) groups excluding carboxylic acids is 3. The normalized spacial score (nSPS) is 12.5. The summed E-state index contributed by atoms with van der Waals surface area (Å²) in [5.41, 5.74) is 8.55. The quantitative estimate of drug-likeness (QED) is 0.0720. The summed E-state index contributed by atoms with van der Waals surface area (Å²) in [6, 6.07) is 52.3. The van der Waals surface area contributed by atoms with Crippen molar-refractivity contribution in [2.75, 3.05) is 19.5 Å². The molecule has 1 N–H and O–H groups in total. The van der Waals surface area contributed by atoms with Gasteiger partial charge in [0.15, 0.2) is 0 Å². The van der Waals surface area contributed by atoms with Crippen LogP contribution in [0.4, 0.5) is 4.79 Å². The van der Waals surface area contributed by atoms with Gasteiger partial charge in [-0.25, -0.2) is 14.4 Å². The molecule has 1 aliphatic carbocycles. The second-order valence-corrected chi connectivity index (χ2v) is 14.1. The van der Waals surface area contributed by atoms with Gasteiger partial charge in [-0.15, -0.1) is 11.8 Å². The molecule has 0 heterocycles. The molecule has 0 unspecified atom stereocenters. The van der Waals surface area contributed by atoms with E-state index < -0.39 is 28.8 Å². The van der Waals surface area contributed by atoms with Crippen molar-refractivity contribution in [2.45, 2.75) is 23.3 Å². The van der Waals surface area contributed by atoms with Crippen LogP contribution in [0.5, 0.6) is 0 Å². The van der Waals surface area contributed by atoms with E-state index in [4.69, 9.17) is 14.2 Å². The number of ether oxygens (including phenoxy) is 3. The monoisotopic (exact) mass is 733 g/mol. The minimum absolute atomic E-state index is 0.0605. The van der Waals surface area contributed by atoms with Crippen LogP contribution in [-0.2, 0) is 30.4 Å². The third kappa shape index (κ3) is 7.65. The molecule has 0 radical (unpaired) electrons. The van der Waals surface area contributed by atoms with E-state index in [0.29, 0.717) is 11.1 Å². The molecule has 0 bridgehead atoms. The molecular formula is C46H39NO6S. The average molecular weight is 734 g/mol. The summed E-state index contributed by atoms with van der Waals surface area (Å²) in [7, 11) is 1.32. The largest absolute Gasteiger partial charge is 0.465 e. The maximum atomic E-state index is 14.0. The van der Waals surface area contributed by atoms with Gasteiger partial charge in [0, 0.05) is 11.7 Å². The Balaban J connectivity index is 1.16. The SMILES string of the molecule is COC(=O)c1ccc(COC(=O)[C@H](CSC(c2ccccc2)(c2ccccc2)c2ccccc2)NC(=O)OCC2c3ccccc3-c3ccccc32)cc1. The van der Waals surface area contributed by atoms with Crippen molar-refractivity contribution in [2.24, 2.45) is 0 Å². The van der Waals surface area contributed by atoms with E-state index in [1.807, 2.05) is 78.9 Å². The van der Waals surface area contributed by atoms with Gasteiger partial charge in [0.05, 0.1) is 17.4 Å². The van der Waals surface area contributed by atoms with Crippen LogP contribution < -0.4 is 5.32 Å². The molecular weight excluding hydrogens is 695 g/mol. The number of thioether (sulfide) groups is 1. The molecule has 6 aromatic carbocycles. The Morgan fingerprint density at radius 1 is 0.630 bits per heavy atom. The highest BCUT2D eigenvalue weighted by Crippen LogP contribution is 2.49. The number of benzene rings is 6. The Morgan fingerprint density at radius 2 is 1.11 bits per heavy atom. The van der Waals surface area contributed by atoms with E-state index in [1.165, 1.54) is 18.9 Å². The van der Waals surface area contributed by atoms with Crippen LogP contribution in [0.15, 0.2) is 164 Å². The summed E-state index contributed by atoms with van der Waals surface area (Å²) in [5.74, 6) is -1.06. The van der Waals surface area contributed by atoms with Crippen LogP contribution in [0.3, 0.4) is 0 Å². The Morgan fingerprint density at radius 3 is 1.61 bits per heavy atom. The summed E-state index contributed by atoms with van der Waals surface area (Å²) < 4.78 is 15.8. The second kappa shape index (κ2) is 16.7. The lowest BCUT2D eigenvalue weighted by Gasteiger charge is -2.36. The third-order valence-corrected chi connectivity index (χ3v) is 11.3. The zero-order valence-corrected chi connectivity index (χ0v) is 30.5. The van der Waals surface area contributed by atoms with Gasteiger partial charge in [0.1, 0.15) is 19.3 Å². The van der Waals surface area contributed by atoms with E-state index in [2.05, 4.69) is 66.0 Å². The summed E-state index contributed by atoms with van der Waals surface area (Å²) in [4.78, 5) is 39.6. The van der Waals surface area contributed by atoms with E-state index in [-0.39, 0.29) is 24.9 Å². The van der Waals surface area contributed by atoms with Crippen molar-refractivity contribution in [3.8, 4) is 11.1 Å². The molecule has 270 valence electrons. The van der Waals surface area contributed by atoms with E-state index >= 15 is 0 Å². The van der Waals surface area contributed by atoms with Gasteiger partial charge < -0.3 is 19.5 Å². The first-order chi connectivity index (χ1) is 26.5. The van der Waals surface area contributed by atoms with Gasteiger partial charge in [-0.2, -0.15) is 0 Å². The van der Waals surface area contributed by atoms with E-state index in [1.54, 1.807) is 24.3 Å². The molecule has 6 aromatic rings. The van der Waals surface area contributed by atoms with E-state index in [9.17, 15) is 14.4 Å². The Labute approximate surface area is 319 Å². The first-order valence-corrected chi connectivity index (χ1v) is 18.7. The molecule has 0 saturated heterocycles. The van der Waals surface area contributed by atoms with Gasteiger partial charge in [-0.05, 0) is 56.6 Å². The van der Waals surface area contributed by atoms with Crippen molar-refractivity contribution in [3.63, 3.8) is 0 Å². The molecule has 1 atom stereocenters. The first kappa shape index (κ1) is 36.2. The van der Waals surface area contributed by atoms with E-state index in [0.717, 1.165) is 38.9 Å². The average Bonchev–Trinajstić information content (AvgIpc) is 3.56. The van der Waals surface area contributed by atoms with Crippen molar-refractivity contribution < 1.29 is 28.6 Å². The van der Waals surface area contributed by atoms with Gasteiger partial charge in [0.2, 0.25) is 0 Å². The molecule has 1 amide bonds. The van der Waals surface area contributed by atoms with Gasteiger partial charge in [-0.1, -0.05) is 152 Å². The molecule has 0 spiro atoms. The molecule has 0 aliphatic heterocycles. The number of nitrogens with one attached hydrogen (secondary N) is 1. The number of carbonyl (C=O) groups is 3. The van der Waals surface area contributed by atoms with Crippen molar-refractivity contribution in [1.82, 2.24) is 5.32 Å². The first-order valence-electron chi connectivity index (χ1n) is 17.7. The second-order valence-electron chi connectivity index (χ2n) is 12.9. The lowest BCUT2D eigenvalue weighted by atomic mass is 9.84. The number of methoxy groups -OCH3 is 1. The topological polar surface area (TPSA) is 90.9 Å². The van der Waals surface area contributed by atoms with Crippen LogP contribution >= 0.6 is 11.8 Å². The third-order valence-electron chi connectivity index (χ3n) is 9.68. The summed E-state index contributed by atoms with van der Waals surface area (Å²) >= 11 is 1.54. The number of fused-ring (bicyclic) bond motifs is 3. The smallest absolute Gasteiger partial charge is 0.407 e. The van der Waals surface area contributed by atoms with Crippen LogP contribution in [0.2, 0.25) is 0 Å². The predicted octanol–water partition coefficient (Wildman–Crippen LogP) is 9.15. The van der Waals surface area contributed by atoms with Crippen LogP contribution in [0.1, 0.15) is 49.7 Å². The fourth-order valence-electron chi connectivity index (χ4n) is 7.04. The lowest BCUT2D eigenvalue weighted by Crippen LogP contribution is -2.45. The minimum Gasteiger partial charge on any atom is -0.465 e. The standard InChI is InChI=1S/C46H39NO6S/c1-51-43(48)33-27-25-32(26-28-33)29-52-44(49)42(47-45(50)53-30-41-39-23-13-11-21-37(39)38-22-12-14-24-40(38)41)31-54-46(34-15-5-2-6-16-34,35-17-7-3-8-18-35)36-19-9-4-10-20-36/h2-28,41-42H,29-31H2,1H3,(H,47,50)/t42-/m0/s1. The highest BCUT2D eigenvalue weighted by molar-refractivity contribution is 8.00. The molecule has 54 heavy (non-hydrogen) atoms. The Hall–Kier alpha value is -6.12. The number of alkyl carbamates (subject to hydrolysis) is 1. The van der Waals surface area contributed by atoms with Crippen molar-refractivity contribution >= 4 is 29.8 Å². The number of hydrogen-bond donors (Lipinski definition) is 1. The lowest BCUT2D eigenvalue weighted by molar-refractivity contribution is -0.146. The Bertz CT molecular complexity index is 2070.